The zero-order valence-corrected chi connectivity index (χ0v) is 15.9. The molecule has 0 atom stereocenters. The molecule has 7 heteroatoms. The van der Waals surface area contributed by atoms with Crippen LogP contribution in [0.4, 0.5) is 5.82 Å². The summed E-state index contributed by atoms with van der Waals surface area (Å²) in [6.07, 6.45) is 2.78. The second kappa shape index (κ2) is 7.96. The number of benzene rings is 1. The van der Waals surface area contributed by atoms with E-state index in [9.17, 15) is 4.79 Å². The van der Waals surface area contributed by atoms with Gasteiger partial charge in [0.25, 0.3) is 0 Å². The van der Waals surface area contributed by atoms with Crippen LogP contribution in [0.15, 0.2) is 53.1 Å². The van der Waals surface area contributed by atoms with Gasteiger partial charge in [0.1, 0.15) is 5.82 Å². The number of hydrogen-bond acceptors (Lipinski definition) is 3. The predicted octanol–water partition coefficient (Wildman–Crippen LogP) is 4.98. The van der Waals surface area contributed by atoms with E-state index in [1.54, 1.807) is 16.9 Å². The van der Waals surface area contributed by atoms with Crippen molar-refractivity contribution in [1.29, 1.82) is 0 Å². The summed E-state index contributed by atoms with van der Waals surface area (Å²) >= 11 is 10.9. The molecule has 1 aromatic carbocycles. The molecule has 0 spiro atoms. The van der Waals surface area contributed by atoms with E-state index in [1.807, 2.05) is 36.4 Å². The molecular formula is C17H15BrClN3OS. The molecular weight excluding hydrogens is 410 g/mol. The predicted molar refractivity (Wildman–Crippen MR) is 102 cm³/mol. The zero-order valence-electron chi connectivity index (χ0n) is 12.7. The van der Waals surface area contributed by atoms with Crippen molar-refractivity contribution in [3.63, 3.8) is 0 Å². The highest BCUT2D eigenvalue weighted by Crippen LogP contribution is 2.23. The zero-order chi connectivity index (χ0) is 16.9. The largest absolute Gasteiger partial charge is 0.311 e. The SMILES string of the molecule is O=C(CCc1ccc(Cl)s1)Nc1ccnn1Cc1ccccc1Br. The van der Waals surface area contributed by atoms with Gasteiger partial charge in [-0.15, -0.1) is 11.3 Å². The lowest BCUT2D eigenvalue weighted by atomic mass is 10.2. The summed E-state index contributed by atoms with van der Waals surface area (Å²) in [6.45, 7) is 0.588. The molecule has 2 heterocycles. The van der Waals surface area contributed by atoms with Gasteiger partial charge < -0.3 is 5.32 Å². The van der Waals surface area contributed by atoms with Gasteiger partial charge in [-0.05, 0) is 30.2 Å². The third-order valence-corrected chi connectivity index (χ3v) is 5.55. The smallest absolute Gasteiger partial charge is 0.225 e. The summed E-state index contributed by atoms with van der Waals surface area (Å²) in [5.41, 5.74) is 1.10. The molecule has 4 nitrogen and oxygen atoms in total. The van der Waals surface area contributed by atoms with Crippen molar-refractivity contribution in [2.45, 2.75) is 19.4 Å². The molecule has 0 saturated carbocycles. The lowest BCUT2D eigenvalue weighted by molar-refractivity contribution is -0.116. The standard InChI is InChI=1S/C17H15BrClN3OS/c18-14-4-2-1-3-12(14)11-22-16(9-10-20-22)21-17(23)8-6-13-5-7-15(19)24-13/h1-5,7,9-10H,6,8,11H2,(H,21,23). The van der Waals surface area contributed by atoms with E-state index in [1.165, 1.54) is 11.3 Å². The maximum absolute atomic E-state index is 12.2. The van der Waals surface area contributed by atoms with Gasteiger partial charge in [-0.25, -0.2) is 4.68 Å². The number of halogens is 2. The van der Waals surface area contributed by atoms with Gasteiger partial charge in [0.15, 0.2) is 0 Å². The summed E-state index contributed by atoms with van der Waals surface area (Å²) < 4.78 is 3.55. The van der Waals surface area contributed by atoms with Gasteiger partial charge in [0.2, 0.25) is 5.91 Å². The Hall–Kier alpha value is -1.63. The van der Waals surface area contributed by atoms with Crippen LogP contribution in [0.2, 0.25) is 4.34 Å². The van der Waals surface area contributed by atoms with Gasteiger partial charge in [-0.3, -0.25) is 4.79 Å². The number of anilines is 1. The first-order valence-electron chi connectivity index (χ1n) is 7.41. The fourth-order valence-corrected chi connectivity index (χ4v) is 3.78. The molecule has 0 saturated heterocycles. The lowest BCUT2D eigenvalue weighted by Crippen LogP contribution is -2.16. The van der Waals surface area contributed by atoms with Gasteiger partial charge in [-0.1, -0.05) is 45.7 Å². The number of thiophene rings is 1. The Balaban J connectivity index is 1.60. The normalized spacial score (nSPS) is 10.8. The summed E-state index contributed by atoms with van der Waals surface area (Å²) in [4.78, 5) is 13.3. The van der Waals surface area contributed by atoms with Crippen LogP contribution >= 0.6 is 38.9 Å². The Labute approximate surface area is 157 Å². The number of aryl methyl sites for hydroxylation is 1. The number of rotatable bonds is 6. The number of amides is 1. The highest BCUT2D eigenvalue weighted by molar-refractivity contribution is 9.10. The van der Waals surface area contributed by atoms with Crippen LogP contribution in [-0.2, 0) is 17.8 Å². The molecule has 1 amide bonds. The number of carbonyl (C=O) groups is 1. The molecule has 0 aliphatic heterocycles. The quantitative estimate of drug-likeness (QED) is 0.606. The van der Waals surface area contributed by atoms with Crippen molar-refractivity contribution in [3.05, 3.63) is 67.9 Å². The fraction of sp³-hybridized carbons (Fsp3) is 0.176. The minimum Gasteiger partial charge on any atom is -0.311 e. The number of nitrogens with zero attached hydrogens (tertiary/aromatic N) is 2. The highest BCUT2D eigenvalue weighted by atomic mass is 79.9. The molecule has 3 aromatic rings. The first-order chi connectivity index (χ1) is 11.6. The van der Waals surface area contributed by atoms with E-state index in [2.05, 4.69) is 26.3 Å². The van der Waals surface area contributed by atoms with Crippen LogP contribution < -0.4 is 5.32 Å². The fourth-order valence-electron chi connectivity index (χ4n) is 2.28. The van der Waals surface area contributed by atoms with Crippen LogP contribution in [0.3, 0.4) is 0 Å². The molecule has 0 radical (unpaired) electrons. The van der Waals surface area contributed by atoms with Gasteiger partial charge in [0.05, 0.1) is 17.1 Å². The van der Waals surface area contributed by atoms with E-state index in [0.29, 0.717) is 25.2 Å². The Bertz CT molecular complexity index is 846. The minimum atomic E-state index is -0.0339. The maximum atomic E-state index is 12.2. The minimum absolute atomic E-state index is 0.0339. The van der Waals surface area contributed by atoms with Crippen molar-refractivity contribution in [2.75, 3.05) is 5.32 Å². The van der Waals surface area contributed by atoms with Crippen molar-refractivity contribution < 1.29 is 4.79 Å². The van der Waals surface area contributed by atoms with Crippen molar-refractivity contribution in [2.24, 2.45) is 0 Å². The molecule has 0 bridgehead atoms. The van der Waals surface area contributed by atoms with E-state index < -0.39 is 0 Å². The Kier molecular flexibility index (Phi) is 5.71. The van der Waals surface area contributed by atoms with Crippen molar-refractivity contribution in [3.8, 4) is 0 Å². The monoisotopic (exact) mass is 423 g/mol. The van der Waals surface area contributed by atoms with E-state index in [0.717, 1.165) is 19.2 Å². The number of aromatic nitrogens is 2. The second-order valence-electron chi connectivity index (χ2n) is 5.22. The number of hydrogen-bond donors (Lipinski definition) is 1. The Morgan fingerprint density at radius 1 is 1.25 bits per heavy atom. The molecule has 124 valence electrons. The third-order valence-electron chi connectivity index (χ3n) is 3.49. The third kappa shape index (κ3) is 4.47. The van der Waals surface area contributed by atoms with Gasteiger partial charge in [0, 0.05) is 21.8 Å². The number of carbonyl (C=O) groups excluding carboxylic acids is 1. The van der Waals surface area contributed by atoms with Crippen LogP contribution in [0.1, 0.15) is 16.9 Å². The highest BCUT2D eigenvalue weighted by Gasteiger charge is 2.10. The van der Waals surface area contributed by atoms with Crippen LogP contribution in [0.5, 0.6) is 0 Å². The Morgan fingerprint density at radius 3 is 2.83 bits per heavy atom. The maximum Gasteiger partial charge on any atom is 0.225 e. The summed E-state index contributed by atoms with van der Waals surface area (Å²) in [5.74, 6) is 0.661. The molecule has 24 heavy (non-hydrogen) atoms. The molecule has 1 N–H and O–H groups in total. The van der Waals surface area contributed by atoms with Crippen LogP contribution in [0.25, 0.3) is 0 Å². The van der Waals surface area contributed by atoms with Gasteiger partial charge in [-0.2, -0.15) is 5.10 Å². The molecule has 0 aliphatic carbocycles. The first-order valence-corrected chi connectivity index (χ1v) is 9.40. The van der Waals surface area contributed by atoms with E-state index >= 15 is 0 Å². The Morgan fingerprint density at radius 2 is 2.08 bits per heavy atom. The average molecular weight is 425 g/mol. The van der Waals surface area contributed by atoms with Crippen LogP contribution in [0, 0.1) is 0 Å². The average Bonchev–Trinajstić information content (AvgIpc) is 3.17. The van der Waals surface area contributed by atoms with Crippen molar-refractivity contribution >= 4 is 50.6 Å². The summed E-state index contributed by atoms with van der Waals surface area (Å²) in [6, 6.07) is 13.6. The lowest BCUT2D eigenvalue weighted by Gasteiger charge is -2.10. The van der Waals surface area contributed by atoms with E-state index in [4.69, 9.17) is 11.6 Å². The molecule has 0 unspecified atom stereocenters. The summed E-state index contributed by atoms with van der Waals surface area (Å²) in [7, 11) is 0. The first kappa shape index (κ1) is 17.2. The molecule has 0 fully saturated rings. The molecule has 2 aromatic heterocycles. The van der Waals surface area contributed by atoms with Gasteiger partial charge >= 0.3 is 0 Å². The van der Waals surface area contributed by atoms with Crippen molar-refractivity contribution in [1.82, 2.24) is 9.78 Å². The number of nitrogens with one attached hydrogen (secondary N) is 1. The van der Waals surface area contributed by atoms with E-state index in [-0.39, 0.29) is 5.91 Å². The second-order valence-corrected chi connectivity index (χ2v) is 7.87. The van der Waals surface area contributed by atoms with Crippen LogP contribution in [-0.4, -0.2) is 15.7 Å². The summed E-state index contributed by atoms with van der Waals surface area (Å²) in [5, 5.41) is 7.22. The topological polar surface area (TPSA) is 46.9 Å². The molecule has 3 rings (SSSR count). The molecule has 0 aliphatic rings.